The number of carbonyl (C=O) groups excluding carboxylic acids is 2. The average molecular weight is 447 g/mol. The molecule has 1 N–H and O–H groups in total. The molecule has 0 unspecified atom stereocenters. The van der Waals surface area contributed by atoms with Crippen LogP contribution < -0.4 is 15.0 Å². The summed E-state index contributed by atoms with van der Waals surface area (Å²) in [5.41, 5.74) is 3.25. The molecule has 0 radical (unpaired) electrons. The van der Waals surface area contributed by atoms with Gasteiger partial charge in [-0.05, 0) is 68.3 Å². The second-order valence-electron chi connectivity index (χ2n) is 7.81. The van der Waals surface area contributed by atoms with E-state index in [1.807, 2.05) is 57.2 Å². The van der Waals surface area contributed by atoms with Crippen LogP contribution in [0.2, 0.25) is 5.02 Å². The quantitative estimate of drug-likeness (QED) is 0.484. The Balaban J connectivity index is 1.76. The van der Waals surface area contributed by atoms with Gasteiger partial charge in [-0.1, -0.05) is 48.0 Å². The smallest absolute Gasteiger partial charge is 0.282 e. The number of aryl methyl sites for hydroxylation is 1. The first-order valence-corrected chi connectivity index (χ1v) is 10.7. The predicted molar refractivity (Wildman–Crippen MR) is 128 cm³/mol. The van der Waals surface area contributed by atoms with Gasteiger partial charge in [-0.3, -0.25) is 9.59 Å². The number of hydrogen-bond acceptors (Lipinski definition) is 4. The summed E-state index contributed by atoms with van der Waals surface area (Å²) in [6.45, 7) is 5.79. The number of nitrogens with zero attached hydrogens (tertiary/aromatic N) is 1. The van der Waals surface area contributed by atoms with Gasteiger partial charge in [0.2, 0.25) is 0 Å². The standard InChI is InChI=1S/C26H23ClN2O3/c1-16(2)32-21-13-11-20(12-14-21)29-25(30)23(18-7-5-4-6-8-18)24(26(29)31)28-22-15-19(27)10-9-17(22)3/h4-16,28H,1-3H3. The molecule has 3 aromatic rings. The average Bonchev–Trinajstić information content (AvgIpc) is 3.01. The van der Waals surface area contributed by atoms with Gasteiger partial charge in [0.25, 0.3) is 11.8 Å². The lowest BCUT2D eigenvalue weighted by Gasteiger charge is -2.17. The Morgan fingerprint density at radius 1 is 0.906 bits per heavy atom. The van der Waals surface area contributed by atoms with Crippen molar-refractivity contribution in [2.24, 2.45) is 0 Å². The van der Waals surface area contributed by atoms with Gasteiger partial charge in [-0.15, -0.1) is 0 Å². The highest BCUT2D eigenvalue weighted by Crippen LogP contribution is 2.35. The van der Waals surface area contributed by atoms with E-state index in [4.69, 9.17) is 16.3 Å². The number of anilines is 2. The highest BCUT2D eigenvalue weighted by molar-refractivity contribution is 6.46. The molecule has 1 heterocycles. The van der Waals surface area contributed by atoms with Gasteiger partial charge in [-0.2, -0.15) is 0 Å². The van der Waals surface area contributed by atoms with Crippen LogP contribution in [-0.4, -0.2) is 17.9 Å². The number of nitrogens with one attached hydrogen (secondary N) is 1. The van der Waals surface area contributed by atoms with Gasteiger partial charge < -0.3 is 10.1 Å². The van der Waals surface area contributed by atoms with Crippen LogP contribution in [0.1, 0.15) is 25.0 Å². The molecule has 0 aromatic heterocycles. The molecule has 2 amide bonds. The zero-order valence-corrected chi connectivity index (χ0v) is 18.8. The SMILES string of the molecule is Cc1ccc(Cl)cc1NC1=C(c2ccccc2)C(=O)N(c2ccc(OC(C)C)cc2)C1=O. The largest absolute Gasteiger partial charge is 0.491 e. The number of halogens is 1. The Hall–Kier alpha value is -3.57. The molecule has 32 heavy (non-hydrogen) atoms. The fourth-order valence-corrected chi connectivity index (χ4v) is 3.73. The van der Waals surface area contributed by atoms with E-state index in [2.05, 4.69) is 5.32 Å². The van der Waals surface area contributed by atoms with Crippen LogP contribution in [-0.2, 0) is 9.59 Å². The van der Waals surface area contributed by atoms with E-state index in [9.17, 15) is 9.59 Å². The fraction of sp³-hybridized carbons (Fsp3) is 0.154. The number of imide groups is 1. The zero-order chi connectivity index (χ0) is 22.8. The predicted octanol–water partition coefficient (Wildman–Crippen LogP) is 5.83. The van der Waals surface area contributed by atoms with Crippen molar-refractivity contribution in [3.05, 3.63) is 94.6 Å². The van der Waals surface area contributed by atoms with Crippen LogP contribution in [0.4, 0.5) is 11.4 Å². The molecule has 4 rings (SSSR count). The minimum atomic E-state index is -0.425. The lowest BCUT2D eigenvalue weighted by molar-refractivity contribution is -0.120. The second kappa shape index (κ2) is 8.89. The summed E-state index contributed by atoms with van der Waals surface area (Å²) in [4.78, 5) is 28.2. The molecule has 162 valence electrons. The number of benzene rings is 3. The number of ether oxygens (including phenoxy) is 1. The molecule has 6 heteroatoms. The van der Waals surface area contributed by atoms with Crippen molar-refractivity contribution in [3.8, 4) is 5.75 Å². The molecule has 0 atom stereocenters. The number of amides is 2. The topological polar surface area (TPSA) is 58.6 Å². The molecular weight excluding hydrogens is 424 g/mol. The van der Waals surface area contributed by atoms with Crippen LogP contribution in [0, 0.1) is 6.92 Å². The summed E-state index contributed by atoms with van der Waals surface area (Å²) >= 11 is 6.17. The van der Waals surface area contributed by atoms with Gasteiger partial charge in [0.05, 0.1) is 17.4 Å². The Morgan fingerprint density at radius 3 is 2.25 bits per heavy atom. The van der Waals surface area contributed by atoms with Crippen molar-refractivity contribution >= 4 is 40.4 Å². The molecule has 0 saturated carbocycles. The molecule has 3 aromatic carbocycles. The monoisotopic (exact) mass is 446 g/mol. The van der Waals surface area contributed by atoms with Crippen LogP contribution in [0.15, 0.2) is 78.5 Å². The van der Waals surface area contributed by atoms with Crippen molar-refractivity contribution in [2.75, 3.05) is 10.2 Å². The van der Waals surface area contributed by atoms with E-state index in [0.717, 1.165) is 5.56 Å². The Labute approximate surface area is 192 Å². The fourth-order valence-electron chi connectivity index (χ4n) is 3.56. The van der Waals surface area contributed by atoms with Crippen LogP contribution in [0.25, 0.3) is 5.57 Å². The summed E-state index contributed by atoms with van der Waals surface area (Å²) in [5.74, 6) is -0.140. The van der Waals surface area contributed by atoms with Crippen LogP contribution >= 0.6 is 11.6 Å². The normalized spacial score (nSPS) is 13.8. The lowest BCUT2D eigenvalue weighted by Crippen LogP contribution is -2.32. The number of hydrogen-bond donors (Lipinski definition) is 1. The molecule has 0 aliphatic carbocycles. The first-order valence-electron chi connectivity index (χ1n) is 10.3. The lowest BCUT2D eigenvalue weighted by atomic mass is 10.0. The molecule has 0 saturated heterocycles. The molecule has 0 fully saturated rings. The summed E-state index contributed by atoms with van der Waals surface area (Å²) in [5, 5.41) is 3.71. The minimum absolute atomic E-state index is 0.0268. The molecule has 5 nitrogen and oxygen atoms in total. The maximum atomic E-state index is 13.5. The first-order chi connectivity index (χ1) is 15.3. The molecular formula is C26H23ClN2O3. The van der Waals surface area contributed by atoms with E-state index >= 15 is 0 Å². The Bertz CT molecular complexity index is 1200. The van der Waals surface area contributed by atoms with Crippen molar-refractivity contribution in [2.45, 2.75) is 26.9 Å². The second-order valence-corrected chi connectivity index (χ2v) is 8.24. The third kappa shape index (κ3) is 4.25. The van der Waals surface area contributed by atoms with E-state index in [1.54, 1.807) is 36.4 Å². The van der Waals surface area contributed by atoms with Gasteiger partial charge in [0.1, 0.15) is 11.4 Å². The number of rotatable bonds is 6. The molecule has 1 aliphatic heterocycles. The Morgan fingerprint density at radius 2 is 1.59 bits per heavy atom. The van der Waals surface area contributed by atoms with E-state index in [1.165, 1.54) is 4.90 Å². The van der Waals surface area contributed by atoms with Crippen molar-refractivity contribution < 1.29 is 14.3 Å². The van der Waals surface area contributed by atoms with Gasteiger partial charge in [0.15, 0.2) is 0 Å². The first kappa shape index (κ1) is 21.7. The number of carbonyl (C=O) groups is 2. The molecule has 0 bridgehead atoms. The van der Waals surface area contributed by atoms with Crippen LogP contribution in [0.3, 0.4) is 0 Å². The zero-order valence-electron chi connectivity index (χ0n) is 18.1. The van der Waals surface area contributed by atoms with E-state index in [-0.39, 0.29) is 17.7 Å². The van der Waals surface area contributed by atoms with Crippen molar-refractivity contribution in [1.29, 1.82) is 0 Å². The highest BCUT2D eigenvalue weighted by atomic mass is 35.5. The maximum Gasteiger partial charge on any atom is 0.282 e. The Kier molecular flexibility index (Phi) is 6.01. The van der Waals surface area contributed by atoms with Gasteiger partial charge in [-0.25, -0.2) is 4.90 Å². The minimum Gasteiger partial charge on any atom is -0.491 e. The van der Waals surface area contributed by atoms with Gasteiger partial charge >= 0.3 is 0 Å². The van der Waals surface area contributed by atoms with Crippen molar-refractivity contribution in [1.82, 2.24) is 0 Å². The van der Waals surface area contributed by atoms with Crippen LogP contribution in [0.5, 0.6) is 5.75 Å². The summed E-state index contributed by atoms with van der Waals surface area (Å²) < 4.78 is 5.68. The maximum absolute atomic E-state index is 13.5. The summed E-state index contributed by atoms with van der Waals surface area (Å²) in [6, 6.07) is 21.5. The van der Waals surface area contributed by atoms with E-state index < -0.39 is 5.91 Å². The van der Waals surface area contributed by atoms with Crippen molar-refractivity contribution in [3.63, 3.8) is 0 Å². The third-order valence-corrected chi connectivity index (χ3v) is 5.31. The molecule has 1 aliphatic rings. The summed E-state index contributed by atoms with van der Waals surface area (Å²) in [7, 11) is 0. The third-order valence-electron chi connectivity index (χ3n) is 5.07. The van der Waals surface area contributed by atoms with E-state index in [0.29, 0.717) is 33.3 Å². The van der Waals surface area contributed by atoms with Gasteiger partial charge in [0, 0.05) is 10.7 Å². The molecule has 0 spiro atoms. The summed E-state index contributed by atoms with van der Waals surface area (Å²) in [6.07, 6.45) is 0.0268. The highest BCUT2D eigenvalue weighted by Gasteiger charge is 2.40.